The standard InChI is InChI=1S/C28H50/c1-9-15-27(7)18(4)10-11-21-23-13-12-22(28(23,8)16-14-24(21)27)19(5)26-20(6)25(26)17(2)3/h17-26H,9-16H2,1-8H3. The summed E-state index contributed by atoms with van der Waals surface area (Å²) in [6.07, 6.45) is 12.1. The van der Waals surface area contributed by atoms with Crippen molar-refractivity contribution < 1.29 is 0 Å². The fraction of sp³-hybridized carbons (Fsp3) is 1.00. The summed E-state index contributed by atoms with van der Waals surface area (Å²) in [6.45, 7) is 20.6. The molecule has 0 bridgehead atoms. The van der Waals surface area contributed by atoms with Crippen molar-refractivity contribution in [2.24, 2.45) is 70.0 Å². The zero-order valence-corrected chi connectivity index (χ0v) is 20.4. The summed E-state index contributed by atoms with van der Waals surface area (Å²) in [5.41, 5.74) is 1.27. The molecule has 0 aromatic heterocycles. The molecule has 4 rings (SSSR count). The number of hydrogen-bond donors (Lipinski definition) is 0. The van der Waals surface area contributed by atoms with Crippen molar-refractivity contribution in [3.8, 4) is 0 Å². The van der Waals surface area contributed by atoms with Crippen LogP contribution in [0.25, 0.3) is 0 Å². The van der Waals surface area contributed by atoms with Gasteiger partial charge in [0.25, 0.3) is 0 Å². The molecule has 4 aliphatic carbocycles. The van der Waals surface area contributed by atoms with Crippen molar-refractivity contribution in [1.29, 1.82) is 0 Å². The lowest BCUT2D eigenvalue weighted by molar-refractivity contribution is -0.101. The van der Waals surface area contributed by atoms with Gasteiger partial charge in [0.1, 0.15) is 0 Å². The van der Waals surface area contributed by atoms with E-state index in [0.717, 1.165) is 59.2 Å². The fourth-order valence-electron chi connectivity index (χ4n) is 10.2. The van der Waals surface area contributed by atoms with E-state index >= 15 is 0 Å². The van der Waals surface area contributed by atoms with E-state index in [-0.39, 0.29) is 0 Å². The van der Waals surface area contributed by atoms with E-state index in [0.29, 0.717) is 10.8 Å². The normalized spacial score (nSPS) is 54.3. The van der Waals surface area contributed by atoms with Crippen molar-refractivity contribution in [3.63, 3.8) is 0 Å². The summed E-state index contributed by atoms with van der Waals surface area (Å²) in [4.78, 5) is 0. The van der Waals surface area contributed by atoms with Gasteiger partial charge in [0, 0.05) is 0 Å². The van der Waals surface area contributed by atoms with Crippen LogP contribution in [0.15, 0.2) is 0 Å². The lowest BCUT2D eigenvalue weighted by atomic mass is 9.46. The first-order chi connectivity index (χ1) is 13.2. The number of rotatable bonds is 5. The van der Waals surface area contributed by atoms with Crippen LogP contribution in [0.2, 0.25) is 0 Å². The second-order valence-electron chi connectivity index (χ2n) is 13.0. The molecule has 162 valence electrons. The van der Waals surface area contributed by atoms with Crippen LogP contribution in [-0.2, 0) is 0 Å². The smallest absolute Gasteiger partial charge is 0.0264 e. The molecule has 0 N–H and O–H groups in total. The largest absolute Gasteiger partial charge is 0.0654 e. The molecule has 0 aromatic rings. The van der Waals surface area contributed by atoms with Crippen LogP contribution in [0.3, 0.4) is 0 Å². The highest BCUT2D eigenvalue weighted by molar-refractivity contribution is 5.10. The topological polar surface area (TPSA) is 0 Å². The zero-order valence-electron chi connectivity index (χ0n) is 20.4. The first-order valence-corrected chi connectivity index (χ1v) is 13.2. The maximum Gasteiger partial charge on any atom is -0.0264 e. The summed E-state index contributed by atoms with van der Waals surface area (Å²) in [5, 5.41) is 0. The van der Waals surface area contributed by atoms with Gasteiger partial charge in [-0.25, -0.2) is 0 Å². The Bertz CT molecular complexity index is 562. The second-order valence-corrected chi connectivity index (χ2v) is 13.0. The molecule has 0 spiro atoms. The first-order valence-electron chi connectivity index (χ1n) is 13.2. The Morgan fingerprint density at radius 2 is 1.57 bits per heavy atom. The Morgan fingerprint density at radius 1 is 0.857 bits per heavy atom. The molecular weight excluding hydrogens is 336 g/mol. The van der Waals surface area contributed by atoms with E-state index in [1.807, 2.05) is 0 Å². The molecule has 0 amide bonds. The molecular formula is C28H50. The van der Waals surface area contributed by atoms with Crippen LogP contribution >= 0.6 is 0 Å². The van der Waals surface area contributed by atoms with Gasteiger partial charge < -0.3 is 0 Å². The maximum atomic E-state index is 2.76. The van der Waals surface area contributed by atoms with Crippen LogP contribution < -0.4 is 0 Å². The average Bonchev–Trinajstić information content (AvgIpc) is 3.18. The third-order valence-corrected chi connectivity index (χ3v) is 11.7. The highest BCUT2D eigenvalue weighted by atomic mass is 14.7. The molecule has 0 nitrogen and oxygen atoms in total. The van der Waals surface area contributed by atoms with Crippen LogP contribution in [-0.4, -0.2) is 0 Å². The van der Waals surface area contributed by atoms with Gasteiger partial charge in [-0.3, -0.25) is 0 Å². The Hall–Kier alpha value is 0. The predicted octanol–water partition coefficient (Wildman–Crippen LogP) is 8.46. The quantitative estimate of drug-likeness (QED) is 0.444. The van der Waals surface area contributed by atoms with E-state index < -0.39 is 0 Å². The highest BCUT2D eigenvalue weighted by Gasteiger charge is 2.62. The van der Waals surface area contributed by atoms with Gasteiger partial charge in [0.2, 0.25) is 0 Å². The maximum absolute atomic E-state index is 2.76. The van der Waals surface area contributed by atoms with Gasteiger partial charge >= 0.3 is 0 Å². The number of hydrogen-bond acceptors (Lipinski definition) is 0. The van der Waals surface area contributed by atoms with Gasteiger partial charge in [0.15, 0.2) is 0 Å². The molecule has 0 radical (unpaired) electrons. The molecule has 0 saturated heterocycles. The summed E-state index contributed by atoms with van der Waals surface area (Å²) >= 11 is 0. The van der Waals surface area contributed by atoms with Crippen molar-refractivity contribution >= 4 is 0 Å². The molecule has 28 heavy (non-hydrogen) atoms. The van der Waals surface area contributed by atoms with Gasteiger partial charge in [-0.1, -0.05) is 61.8 Å². The molecule has 0 aliphatic heterocycles. The van der Waals surface area contributed by atoms with Crippen molar-refractivity contribution in [3.05, 3.63) is 0 Å². The summed E-state index contributed by atoms with van der Waals surface area (Å²) < 4.78 is 0. The van der Waals surface area contributed by atoms with Gasteiger partial charge in [0.05, 0.1) is 0 Å². The zero-order chi connectivity index (χ0) is 20.4. The molecule has 4 saturated carbocycles. The third-order valence-electron chi connectivity index (χ3n) is 11.7. The van der Waals surface area contributed by atoms with E-state index in [4.69, 9.17) is 0 Å². The SMILES string of the molecule is CCCC1(C)C(C)CCC2C1CCC1(C)C(C(C)C3C(C)C3C(C)C)CCC21. The minimum Gasteiger partial charge on any atom is -0.0654 e. The van der Waals surface area contributed by atoms with Crippen LogP contribution in [0.4, 0.5) is 0 Å². The molecule has 11 atom stereocenters. The summed E-state index contributed by atoms with van der Waals surface area (Å²) in [6, 6.07) is 0. The van der Waals surface area contributed by atoms with Crippen LogP contribution in [0, 0.1) is 70.0 Å². The van der Waals surface area contributed by atoms with Crippen LogP contribution in [0.1, 0.15) is 107 Å². The van der Waals surface area contributed by atoms with Gasteiger partial charge in [-0.05, 0) is 115 Å². The van der Waals surface area contributed by atoms with E-state index in [2.05, 4.69) is 55.4 Å². The molecule has 0 aromatic carbocycles. The Kier molecular flexibility index (Phi) is 5.54. The Morgan fingerprint density at radius 3 is 2.18 bits per heavy atom. The minimum absolute atomic E-state index is 0.621. The summed E-state index contributed by atoms with van der Waals surface area (Å²) in [5.74, 6) is 9.91. The molecule has 11 unspecified atom stereocenters. The van der Waals surface area contributed by atoms with Crippen molar-refractivity contribution in [2.75, 3.05) is 0 Å². The molecule has 4 aliphatic rings. The van der Waals surface area contributed by atoms with E-state index in [1.54, 1.807) is 19.3 Å². The molecule has 0 heteroatoms. The van der Waals surface area contributed by atoms with Gasteiger partial charge in [-0.15, -0.1) is 0 Å². The monoisotopic (exact) mass is 386 g/mol. The van der Waals surface area contributed by atoms with Crippen LogP contribution in [0.5, 0.6) is 0 Å². The lowest BCUT2D eigenvalue weighted by Crippen LogP contribution is -2.51. The van der Waals surface area contributed by atoms with Crippen molar-refractivity contribution in [2.45, 2.75) is 107 Å². The van der Waals surface area contributed by atoms with Crippen molar-refractivity contribution in [1.82, 2.24) is 0 Å². The molecule has 0 heterocycles. The summed E-state index contributed by atoms with van der Waals surface area (Å²) in [7, 11) is 0. The number of fused-ring (bicyclic) bond motifs is 3. The Balaban J connectivity index is 1.54. The van der Waals surface area contributed by atoms with E-state index in [1.165, 1.54) is 32.1 Å². The minimum atomic E-state index is 0.621. The van der Waals surface area contributed by atoms with Gasteiger partial charge in [-0.2, -0.15) is 0 Å². The first kappa shape index (κ1) is 21.2. The lowest BCUT2D eigenvalue weighted by Gasteiger charge is -2.59. The Labute approximate surface area is 177 Å². The average molecular weight is 387 g/mol. The fourth-order valence-corrected chi connectivity index (χ4v) is 10.2. The van der Waals surface area contributed by atoms with E-state index in [9.17, 15) is 0 Å². The third kappa shape index (κ3) is 2.97. The molecule has 4 fully saturated rings. The predicted molar refractivity (Wildman–Crippen MR) is 122 cm³/mol. The second kappa shape index (κ2) is 7.30. The highest BCUT2D eigenvalue weighted by Crippen LogP contribution is 2.69.